The molecule has 1 atom stereocenters. The highest BCUT2D eigenvalue weighted by atomic mass is 19.1. The lowest BCUT2D eigenvalue weighted by Gasteiger charge is -2.14. The molecule has 0 bridgehead atoms. The molecule has 0 aromatic heterocycles. The van der Waals surface area contributed by atoms with Crippen molar-refractivity contribution < 1.29 is 23.7 Å². The molecule has 1 unspecified atom stereocenters. The molecule has 0 fully saturated rings. The van der Waals surface area contributed by atoms with E-state index in [0.717, 1.165) is 6.07 Å². The van der Waals surface area contributed by atoms with Gasteiger partial charge < -0.3 is 14.9 Å². The number of rotatable bonds is 3. The Morgan fingerprint density at radius 2 is 2.00 bits per heavy atom. The molecule has 0 spiro atoms. The summed E-state index contributed by atoms with van der Waals surface area (Å²) in [4.78, 5) is 0. The van der Waals surface area contributed by atoms with Crippen molar-refractivity contribution >= 4 is 0 Å². The Morgan fingerprint density at radius 3 is 2.47 bits per heavy atom. The maximum absolute atomic E-state index is 13.6. The average Bonchev–Trinajstić information content (AvgIpc) is 2.23. The van der Waals surface area contributed by atoms with Gasteiger partial charge in [0.05, 0.1) is 7.11 Å². The van der Waals surface area contributed by atoms with E-state index < -0.39 is 29.9 Å². The summed E-state index contributed by atoms with van der Waals surface area (Å²) in [6.45, 7) is 1.03. The largest absolute Gasteiger partial charge is 0.505 e. The number of halogens is 2. The van der Waals surface area contributed by atoms with Crippen LogP contribution in [0.4, 0.5) is 8.78 Å². The van der Waals surface area contributed by atoms with Crippen molar-refractivity contribution in [2.24, 2.45) is 0 Å². The van der Waals surface area contributed by atoms with Crippen molar-refractivity contribution in [3.05, 3.63) is 23.3 Å². The number of ether oxygens (including phenoxy) is 1. The quantitative estimate of drug-likeness (QED) is 0.812. The number of aliphatic hydroxyl groups excluding tert-OH is 1. The van der Waals surface area contributed by atoms with Crippen LogP contribution in [0.15, 0.2) is 6.07 Å². The van der Waals surface area contributed by atoms with Gasteiger partial charge in [-0.2, -0.15) is 0 Å². The molecule has 0 radical (unpaired) electrons. The molecule has 0 saturated heterocycles. The first-order valence-electron chi connectivity index (χ1n) is 4.38. The van der Waals surface area contributed by atoms with E-state index in [1.54, 1.807) is 0 Å². The van der Waals surface area contributed by atoms with Gasteiger partial charge in [0.25, 0.3) is 0 Å². The summed E-state index contributed by atoms with van der Waals surface area (Å²) in [6, 6.07) is 0.859. The van der Waals surface area contributed by atoms with E-state index in [1.165, 1.54) is 14.0 Å². The Morgan fingerprint density at radius 1 is 1.40 bits per heavy atom. The third-order valence-corrected chi connectivity index (χ3v) is 2.17. The van der Waals surface area contributed by atoms with E-state index in [0.29, 0.717) is 0 Å². The zero-order valence-electron chi connectivity index (χ0n) is 8.42. The molecule has 3 nitrogen and oxygen atoms in total. The van der Waals surface area contributed by atoms with E-state index in [1.807, 2.05) is 0 Å². The number of hydrogen-bond acceptors (Lipinski definition) is 3. The summed E-state index contributed by atoms with van der Waals surface area (Å²) in [5.41, 5.74) is -0.366. The molecule has 0 amide bonds. The van der Waals surface area contributed by atoms with E-state index in [-0.39, 0.29) is 11.3 Å². The van der Waals surface area contributed by atoms with E-state index in [9.17, 15) is 13.9 Å². The molecule has 0 aliphatic carbocycles. The van der Waals surface area contributed by atoms with Gasteiger partial charge in [0.2, 0.25) is 0 Å². The second-order valence-electron chi connectivity index (χ2n) is 3.22. The van der Waals surface area contributed by atoms with Crippen LogP contribution in [0, 0.1) is 11.6 Å². The third-order valence-electron chi connectivity index (χ3n) is 2.17. The summed E-state index contributed by atoms with van der Waals surface area (Å²) < 4.78 is 31.6. The number of aliphatic hydroxyl groups is 1. The highest BCUT2D eigenvalue weighted by Gasteiger charge is 2.22. The first kappa shape index (κ1) is 11.7. The van der Waals surface area contributed by atoms with Crippen LogP contribution >= 0.6 is 0 Å². The van der Waals surface area contributed by atoms with Crippen molar-refractivity contribution in [1.29, 1.82) is 0 Å². The monoisotopic (exact) mass is 218 g/mol. The highest BCUT2D eigenvalue weighted by molar-refractivity contribution is 5.42. The lowest BCUT2D eigenvalue weighted by molar-refractivity contribution is 0.264. The smallest absolute Gasteiger partial charge is 0.171 e. The first-order valence-corrected chi connectivity index (χ1v) is 4.38. The van der Waals surface area contributed by atoms with Crippen LogP contribution in [0.5, 0.6) is 11.5 Å². The number of phenols is 1. The van der Waals surface area contributed by atoms with Gasteiger partial charge in [0.15, 0.2) is 23.1 Å². The molecule has 0 aliphatic heterocycles. The predicted molar refractivity (Wildman–Crippen MR) is 50.1 cm³/mol. The predicted octanol–water partition coefficient (Wildman–Crippen LogP) is 1.77. The molecule has 1 aromatic carbocycles. The van der Waals surface area contributed by atoms with Gasteiger partial charge >= 0.3 is 0 Å². The Hall–Kier alpha value is -1.36. The maximum atomic E-state index is 13.6. The van der Waals surface area contributed by atoms with Gasteiger partial charge in [0, 0.05) is 24.2 Å². The molecule has 5 heteroatoms. The fourth-order valence-electron chi connectivity index (χ4n) is 1.29. The van der Waals surface area contributed by atoms with Gasteiger partial charge in [0.1, 0.15) is 0 Å². The molecule has 15 heavy (non-hydrogen) atoms. The summed E-state index contributed by atoms with van der Waals surface area (Å²) in [7, 11) is 1.21. The molecular formula is C10H12F2O3. The van der Waals surface area contributed by atoms with Crippen LogP contribution < -0.4 is 4.74 Å². The Labute approximate surface area is 85.9 Å². The van der Waals surface area contributed by atoms with Gasteiger partial charge in [-0.25, -0.2) is 8.78 Å². The SMILES string of the molecule is COc1cc(O)c(F)c(C(C)CO)c1F. The summed E-state index contributed by atoms with van der Waals surface area (Å²) >= 11 is 0. The number of phenolic OH excluding ortho intramolecular Hbond substituents is 1. The molecule has 84 valence electrons. The van der Waals surface area contributed by atoms with E-state index >= 15 is 0 Å². The summed E-state index contributed by atoms with van der Waals surface area (Å²) in [5.74, 6) is -3.64. The van der Waals surface area contributed by atoms with Gasteiger partial charge in [-0.15, -0.1) is 0 Å². The topological polar surface area (TPSA) is 49.7 Å². The van der Waals surface area contributed by atoms with Gasteiger partial charge in [-0.1, -0.05) is 6.92 Å². The van der Waals surface area contributed by atoms with Crippen LogP contribution in [0.25, 0.3) is 0 Å². The van der Waals surface area contributed by atoms with Gasteiger partial charge in [-0.05, 0) is 0 Å². The van der Waals surface area contributed by atoms with Gasteiger partial charge in [-0.3, -0.25) is 0 Å². The van der Waals surface area contributed by atoms with Crippen molar-refractivity contribution in [3.8, 4) is 11.5 Å². The zero-order valence-corrected chi connectivity index (χ0v) is 8.42. The number of methoxy groups -OCH3 is 1. The number of benzene rings is 1. The van der Waals surface area contributed by atoms with Crippen LogP contribution in [0.2, 0.25) is 0 Å². The van der Waals surface area contributed by atoms with Crippen LogP contribution in [0.1, 0.15) is 18.4 Å². The van der Waals surface area contributed by atoms with Crippen molar-refractivity contribution in [3.63, 3.8) is 0 Å². The van der Waals surface area contributed by atoms with E-state index in [2.05, 4.69) is 4.74 Å². The summed E-state index contributed by atoms with van der Waals surface area (Å²) in [6.07, 6.45) is 0. The van der Waals surface area contributed by atoms with Crippen molar-refractivity contribution in [2.75, 3.05) is 13.7 Å². The fourth-order valence-corrected chi connectivity index (χ4v) is 1.29. The standard InChI is InChI=1S/C10H12F2O3/c1-5(4-13)8-9(11)6(14)3-7(15-2)10(8)12/h3,5,13-14H,4H2,1-2H3. The van der Waals surface area contributed by atoms with Crippen LogP contribution in [-0.4, -0.2) is 23.9 Å². The Balaban J connectivity index is 3.40. The minimum Gasteiger partial charge on any atom is -0.505 e. The maximum Gasteiger partial charge on any atom is 0.171 e. The minimum atomic E-state index is -1.06. The molecule has 1 rings (SSSR count). The van der Waals surface area contributed by atoms with E-state index in [4.69, 9.17) is 5.11 Å². The van der Waals surface area contributed by atoms with Crippen molar-refractivity contribution in [1.82, 2.24) is 0 Å². The molecular weight excluding hydrogens is 206 g/mol. The average molecular weight is 218 g/mol. The molecule has 0 aliphatic rings. The lowest BCUT2D eigenvalue weighted by atomic mass is 10.00. The third kappa shape index (κ3) is 2.02. The molecule has 2 N–H and O–H groups in total. The minimum absolute atomic E-state index is 0.246. The fraction of sp³-hybridized carbons (Fsp3) is 0.400. The highest BCUT2D eigenvalue weighted by Crippen LogP contribution is 2.34. The van der Waals surface area contributed by atoms with Crippen molar-refractivity contribution in [2.45, 2.75) is 12.8 Å². The van der Waals surface area contributed by atoms with Crippen LogP contribution in [0.3, 0.4) is 0 Å². The molecule has 0 heterocycles. The Bertz CT molecular complexity index is 366. The zero-order chi connectivity index (χ0) is 11.6. The van der Waals surface area contributed by atoms with Crippen LogP contribution in [-0.2, 0) is 0 Å². The molecule has 0 saturated carbocycles. The number of aromatic hydroxyl groups is 1. The second-order valence-corrected chi connectivity index (χ2v) is 3.22. The summed E-state index contributed by atoms with van der Waals surface area (Å²) in [5, 5.41) is 18.0. The molecule has 1 aromatic rings. The second kappa shape index (κ2) is 4.44. The normalized spacial score (nSPS) is 12.6. The first-order chi connectivity index (χ1) is 7.02. The number of hydrogen-bond donors (Lipinski definition) is 2. The lowest BCUT2D eigenvalue weighted by Crippen LogP contribution is -2.07. The Kier molecular flexibility index (Phi) is 3.47.